The zero-order chi connectivity index (χ0) is 10.8. The molecule has 1 saturated heterocycles. The Morgan fingerprint density at radius 1 is 1.64 bits per heavy atom. The molecule has 1 aliphatic heterocycles. The highest BCUT2D eigenvalue weighted by atomic mass is 127. The van der Waals surface area contributed by atoms with Crippen LogP contribution in [0.25, 0.3) is 0 Å². The Morgan fingerprint density at radius 3 is 2.86 bits per heavy atom. The summed E-state index contributed by atoms with van der Waals surface area (Å²) < 4.78 is 2.14. The molecule has 1 aliphatic rings. The van der Waals surface area contributed by atoms with E-state index in [9.17, 15) is 9.59 Å². The summed E-state index contributed by atoms with van der Waals surface area (Å²) in [5, 5.41) is 0. The fourth-order valence-corrected chi connectivity index (χ4v) is 2.74. The van der Waals surface area contributed by atoms with Gasteiger partial charge in [0.15, 0.2) is 0 Å². The number of rotatable bonds is 3. The van der Waals surface area contributed by atoms with Gasteiger partial charge in [0, 0.05) is 54.2 Å². The summed E-state index contributed by atoms with van der Waals surface area (Å²) in [4.78, 5) is 22.6. The molecule has 0 saturated carbocycles. The van der Waals surface area contributed by atoms with Gasteiger partial charge in [0.1, 0.15) is 11.6 Å². The van der Waals surface area contributed by atoms with Gasteiger partial charge in [0.25, 0.3) is 0 Å². The summed E-state index contributed by atoms with van der Waals surface area (Å²) in [5.41, 5.74) is -0.300. The Labute approximate surface area is 98.7 Å². The van der Waals surface area contributed by atoms with Gasteiger partial charge < -0.3 is 4.79 Å². The number of piperidine rings is 1. The number of Topliss-reactive ketones (excluding diaryl/α,β-unsaturated/α-hetero) is 2. The lowest BCUT2D eigenvalue weighted by molar-refractivity contribution is -0.131. The molecule has 4 heteroatoms. The number of carbonyl (C=O) groups excluding carboxylic acids is 2. The number of nitrogens with zero attached hydrogens (tertiary/aromatic N) is 1. The Hall–Kier alpha value is 0.0300. The normalized spacial score (nSPS) is 29.2. The van der Waals surface area contributed by atoms with Crippen molar-refractivity contribution in [3.63, 3.8) is 0 Å². The third-order valence-corrected chi connectivity index (χ3v) is 3.63. The van der Waals surface area contributed by atoms with Crippen LogP contribution in [0.4, 0.5) is 0 Å². The van der Waals surface area contributed by atoms with Gasteiger partial charge in [-0.2, -0.15) is 0 Å². The lowest BCUT2D eigenvalue weighted by Crippen LogP contribution is -2.44. The van der Waals surface area contributed by atoms with Crippen molar-refractivity contribution in [2.45, 2.75) is 33.1 Å². The van der Waals surface area contributed by atoms with Crippen molar-refractivity contribution in [2.75, 3.05) is 13.1 Å². The van der Waals surface area contributed by atoms with Crippen molar-refractivity contribution in [1.82, 2.24) is 3.11 Å². The van der Waals surface area contributed by atoms with Crippen molar-refractivity contribution in [1.29, 1.82) is 0 Å². The molecule has 1 atom stereocenters. The van der Waals surface area contributed by atoms with E-state index in [2.05, 4.69) is 26.0 Å². The maximum absolute atomic E-state index is 11.7. The summed E-state index contributed by atoms with van der Waals surface area (Å²) >= 11 is 2.25. The third-order valence-electron chi connectivity index (χ3n) is 2.80. The first-order valence-electron chi connectivity index (χ1n) is 4.87. The zero-order valence-electron chi connectivity index (χ0n) is 8.68. The van der Waals surface area contributed by atoms with Crippen LogP contribution >= 0.6 is 22.9 Å². The third kappa shape index (κ3) is 3.02. The molecule has 0 spiro atoms. The van der Waals surface area contributed by atoms with E-state index < -0.39 is 0 Å². The molecule has 3 nitrogen and oxygen atoms in total. The summed E-state index contributed by atoms with van der Waals surface area (Å²) in [5.74, 6) is 0.483. The summed E-state index contributed by atoms with van der Waals surface area (Å²) in [6.07, 6.45) is 1.84. The van der Waals surface area contributed by atoms with E-state index in [0.717, 1.165) is 13.1 Å². The average Bonchev–Trinajstić information content (AvgIpc) is 2.09. The Morgan fingerprint density at radius 2 is 2.29 bits per heavy atom. The molecular weight excluding hydrogens is 293 g/mol. The van der Waals surface area contributed by atoms with Gasteiger partial charge in [-0.1, -0.05) is 6.92 Å². The van der Waals surface area contributed by atoms with Crippen LogP contribution in [0.2, 0.25) is 0 Å². The molecule has 14 heavy (non-hydrogen) atoms. The van der Waals surface area contributed by atoms with E-state index in [1.54, 1.807) is 6.92 Å². The second kappa shape index (κ2) is 4.70. The first-order valence-corrected chi connectivity index (χ1v) is 5.84. The number of hydrogen-bond donors (Lipinski definition) is 0. The molecule has 1 rings (SSSR count). The fourth-order valence-electron chi connectivity index (χ4n) is 1.74. The van der Waals surface area contributed by atoms with Gasteiger partial charge in [0.2, 0.25) is 0 Å². The van der Waals surface area contributed by atoms with E-state index in [0.29, 0.717) is 25.0 Å². The molecule has 80 valence electrons. The minimum Gasteiger partial charge on any atom is -0.300 e. The van der Waals surface area contributed by atoms with E-state index >= 15 is 0 Å². The molecule has 0 aromatic heterocycles. The number of ketones is 2. The molecule has 0 aromatic rings. The highest BCUT2D eigenvalue weighted by Crippen LogP contribution is 2.32. The van der Waals surface area contributed by atoms with Crippen LogP contribution < -0.4 is 0 Å². The predicted molar refractivity (Wildman–Crippen MR) is 63.2 cm³/mol. The van der Waals surface area contributed by atoms with E-state index in [1.807, 2.05) is 6.92 Å². The van der Waals surface area contributed by atoms with Crippen molar-refractivity contribution in [3.05, 3.63) is 0 Å². The van der Waals surface area contributed by atoms with Crippen molar-refractivity contribution in [3.8, 4) is 0 Å². The van der Waals surface area contributed by atoms with Crippen LogP contribution in [0.5, 0.6) is 0 Å². The van der Waals surface area contributed by atoms with Crippen LogP contribution in [0.15, 0.2) is 0 Å². The second-order valence-corrected chi connectivity index (χ2v) is 5.64. The number of hydrogen-bond acceptors (Lipinski definition) is 3. The molecule has 0 aliphatic carbocycles. The quantitative estimate of drug-likeness (QED) is 0.591. The van der Waals surface area contributed by atoms with Crippen LogP contribution in [0, 0.1) is 5.41 Å². The molecule has 0 amide bonds. The van der Waals surface area contributed by atoms with Gasteiger partial charge in [0.05, 0.1) is 0 Å². The number of carbonyl (C=O) groups is 2. The largest absolute Gasteiger partial charge is 0.300 e. The Kier molecular flexibility index (Phi) is 4.06. The van der Waals surface area contributed by atoms with E-state index in [4.69, 9.17) is 0 Å². The smallest absolute Gasteiger partial charge is 0.141 e. The molecule has 0 bridgehead atoms. The lowest BCUT2D eigenvalue weighted by atomic mass is 9.77. The maximum Gasteiger partial charge on any atom is 0.141 e. The summed E-state index contributed by atoms with van der Waals surface area (Å²) in [7, 11) is 0. The van der Waals surface area contributed by atoms with Gasteiger partial charge in [-0.05, 0) is 13.3 Å². The summed E-state index contributed by atoms with van der Waals surface area (Å²) in [6.45, 7) is 5.18. The fraction of sp³-hybridized carbons (Fsp3) is 0.800. The van der Waals surface area contributed by atoms with E-state index in [1.165, 1.54) is 0 Å². The monoisotopic (exact) mass is 309 g/mol. The minimum atomic E-state index is -0.300. The van der Waals surface area contributed by atoms with Gasteiger partial charge in [-0.3, -0.25) is 4.79 Å². The van der Waals surface area contributed by atoms with Crippen LogP contribution in [0.3, 0.4) is 0 Å². The topological polar surface area (TPSA) is 37.4 Å². The van der Waals surface area contributed by atoms with E-state index in [-0.39, 0.29) is 11.2 Å². The summed E-state index contributed by atoms with van der Waals surface area (Å²) in [6, 6.07) is 0. The molecule has 0 N–H and O–H groups in total. The zero-order valence-corrected chi connectivity index (χ0v) is 10.8. The Balaban J connectivity index is 2.59. The maximum atomic E-state index is 11.7. The number of halogens is 1. The SMILES string of the molecule is CC(=O)CC[C@]1(C)CN(I)CCC1=O. The molecule has 1 heterocycles. The predicted octanol–water partition coefficient (Wildman–Crippen LogP) is 1.99. The molecule has 0 unspecified atom stereocenters. The molecule has 1 fully saturated rings. The lowest BCUT2D eigenvalue weighted by Gasteiger charge is -2.36. The van der Waals surface area contributed by atoms with Crippen LogP contribution in [-0.2, 0) is 9.59 Å². The molecular formula is C10H16INO2. The van der Waals surface area contributed by atoms with Crippen molar-refractivity contribution >= 4 is 34.4 Å². The second-order valence-electron chi connectivity index (χ2n) is 4.28. The highest BCUT2D eigenvalue weighted by Gasteiger charge is 2.37. The standard InChI is InChI=1S/C10H16INO2/c1-8(13)3-5-10(2)7-12(11)6-4-9(10)14/h3-7H2,1-2H3/t10-/m1/s1. The minimum absolute atomic E-state index is 0.171. The van der Waals surface area contributed by atoms with Crippen LogP contribution in [-0.4, -0.2) is 27.8 Å². The van der Waals surface area contributed by atoms with Crippen LogP contribution in [0.1, 0.15) is 33.1 Å². The molecule has 0 aromatic carbocycles. The first-order chi connectivity index (χ1) is 6.44. The van der Waals surface area contributed by atoms with Gasteiger partial charge in [-0.25, -0.2) is 3.11 Å². The van der Waals surface area contributed by atoms with Gasteiger partial charge >= 0.3 is 0 Å². The van der Waals surface area contributed by atoms with Crippen molar-refractivity contribution < 1.29 is 9.59 Å². The first kappa shape index (κ1) is 12.1. The average molecular weight is 309 g/mol. The van der Waals surface area contributed by atoms with Gasteiger partial charge in [-0.15, -0.1) is 0 Å². The highest BCUT2D eigenvalue weighted by molar-refractivity contribution is 14.1. The Bertz CT molecular complexity index is 255. The molecule has 0 radical (unpaired) electrons. The van der Waals surface area contributed by atoms with Crippen molar-refractivity contribution in [2.24, 2.45) is 5.41 Å².